The lowest BCUT2D eigenvalue weighted by Gasteiger charge is -2.10. The van der Waals surface area contributed by atoms with Gasteiger partial charge in [-0.05, 0) is 48.1 Å². The van der Waals surface area contributed by atoms with Gasteiger partial charge in [-0.25, -0.2) is 0 Å². The maximum Gasteiger partial charge on any atom is 0.251 e. The third-order valence-corrected chi connectivity index (χ3v) is 4.42. The molecule has 0 aliphatic rings. The zero-order valence-electron chi connectivity index (χ0n) is 15.0. The molecule has 0 aliphatic heterocycles. The van der Waals surface area contributed by atoms with Crippen LogP contribution in [0.4, 0.5) is 5.69 Å². The van der Waals surface area contributed by atoms with E-state index in [4.69, 9.17) is 4.74 Å². The van der Waals surface area contributed by atoms with Crippen LogP contribution >= 0.6 is 0 Å². The smallest absolute Gasteiger partial charge is 0.251 e. The first-order chi connectivity index (χ1) is 12.6. The summed E-state index contributed by atoms with van der Waals surface area (Å²) < 4.78 is 5.17. The van der Waals surface area contributed by atoms with E-state index in [1.54, 1.807) is 13.2 Å². The molecule has 2 N–H and O–H groups in total. The summed E-state index contributed by atoms with van der Waals surface area (Å²) in [6.07, 6.45) is 1.49. The number of nitrogens with one attached hydrogen (secondary N) is 2. The minimum atomic E-state index is -0.174. The molecule has 0 unspecified atom stereocenters. The average Bonchev–Trinajstić information content (AvgIpc) is 2.66. The van der Waals surface area contributed by atoms with Gasteiger partial charge in [-0.3, -0.25) is 9.59 Å². The van der Waals surface area contributed by atoms with Gasteiger partial charge in [0, 0.05) is 23.7 Å². The molecule has 0 spiro atoms. The molecule has 26 heavy (non-hydrogen) atoms. The number of ether oxygens (including phenoxy) is 1. The molecule has 0 fully saturated rings. The maximum absolute atomic E-state index is 12.3. The number of hydrogen-bond acceptors (Lipinski definition) is 3. The van der Waals surface area contributed by atoms with Gasteiger partial charge in [0.15, 0.2) is 0 Å². The van der Waals surface area contributed by atoms with Crippen LogP contribution in [0.25, 0.3) is 10.9 Å². The highest BCUT2D eigenvalue weighted by molar-refractivity contribution is 5.91. The number of aromatic nitrogens is 1. The SMILES string of the molecule is CCc1ccccc1NC(=O)CCc1cc2ccc(OC)cc2[nH]c1=O. The fraction of sp³-hybridized carbons (Fsp3) is 0.238. The third kappa shape index (κ3) is 3.94. The van der Waals surface area contributed by atoms with Crippen molar-refractivity contribution in [3.05, 3.63) is 70.0 Å². The molecule has 3 rings (SSSR count). The van der Waals surface area contributed by atoms with Gasteiger partial charge in [-0.15, -0.1) is 0 Å². The van der Waals surface area contributed by atoms with Crippen LogP contribution in [0.3, 0.4) is 0 Å². The Hall–Kier alpha value is -3.08. The molecule has 1 amide bonds. The Labute approximate surface area is 152 Å². The van der Waals surface area contributed by atoms with E-state index >= 15 is 0 Å². The van der Waals surface area contributed by atoms with Crippen LogP contribution in [-0.2, 0) is 17.6 Å². The van der Waals surface area contributed by atoms with E-state index in [0.29, 0.717) is 17.7 Å². The topological polar surface area (TPSA) is 71.2 Å². The fourth-order valence-corrected chi connectivity index (χ4v) is 2.95. The first-order valence-corrected chi connectivity index (χ1v) is 8.68. The van der Waals surface area contributed by atoms with Crippen LogP contribution in [0.1, 0.15) is 24.5 Å². The van der Waals surface area contributed by atoms with Crippen molar-refractivity contribution in [2.24, 2.45) is 0 Å². The van der Waals surface area contributed by atoms with Crippen molar-refractivity contribution in [1.29, 1.82) is 0 Å². The van der Waals surface area contributed by atoms with Crippen LogP contribution in [0.15, 0.2) is 53.3 Å². The lowest BCUT2D eigenvalue weighted by atomic mass is 10.1. The summed E-state index contributed by atoms with van der Waals surface area (Å²) in [5.74, 6) is 0.593. The molecule has 0 bridgehead atoms. The molecule has 1 heterocycles. The molecule has 5 heteroatoms. The van der Waals surface area contributed by atoms with E-state index in [1.165, 1.54) is 0 Å². The number of carbonyl (C=O) groups is 1. The number of aryl methyl sites for hydroxylation is 2. The van der Waals surface area contributed by atoms with Crippen molar-refractivity contribution in [2.45, 2.75) is 26.2 Å². The highest BCUT2D eigenvalue weighted by Crippen LogP contribution is 2.19. The summed E-state index contributed by atoms with van der Waals surface area (Å²) in [5.41, 5.74) is 3.08. The second kappa shape index (κ2) is 7.87. The second-order valence-electron chi connectivity index (χ2n) is 6.14. The Bertz CT molecular complexity index is 992. The second-order valence-corrected chi connectivity index (χ2v) is 6.14. The Balaban J connectivity index is 1.72. The molecular weight excluding hydrogens is 328 g/mol. The Morgan fingerprint density at radius 1 is 1.12 bits per heavy atom. The number of H-pyrrole nitrogens is 1. The Morgan fingerprint density at radius 2 is 1.92 bits per heavy atom. The predicted molar refractivity (Wildman–Crippen MR) is 104 cm³/mol. The molecule has 3 aromatic rings. The summed E-state index contributed by atoms with van der Waals surface area (Å²) in [5, 5.41) is 3.85. The standard InChI is InChI=1S/C21H22N2O3/c1-3-14-6-4-5-7-18(14)22-20(24)11-9-16-12-15-8-10-17(26-2)13-19(15)23-21(16)25/h4-8,10,12-13H,3,9,11H2,1-2H3,(H,22,24)(H,23,25). The number of amides is 1. The van der Waals surface area contributed by atoms with Gasteiger partial charge < -0.3 is 15.0 Å². The number of fused-ring (bicyclic) bond motifs is 1. The number of hydrogen-bond donors (Lipinski definition) is 2. The fourth-order valence-electron chi connectivity index (χ4n) is 2.95. The van der Waals surface area contributed by atoms with E-state index in [1.807, 2.05) is 42.5 Å². The average molecular weight is 350 g/mol. The number of pyridine rings is 1. The summed E-state index contributed by atoms with van der Waals surface area (Å²) in [4.78, 5) is 27.4. The quantitative estimate of drug-likeness (QED) is 0.712. The van der Waals surface area contributed by atoms with Crippen LogP contribution in [-0.4, -0.2) is 18.0 Å². The van der Waals surface area contributed by atoms with Gasteiger partial charge in [0.2, 0.25) is 5.91 Å². The molecule has 134 valence electrons. The lowest BCUT2D eigenvalue weighted by molar-refractivity contribution is -0.116. The number of carbonyl (C=O) groups excluding carboxylic acids is 1. The van der Waals surface area contributed by atoms with Gasteiger partial charge in [-0.1, -0.05) is 25.1 Å². The monoisotopic (exact) mass is 350 g/mol. The number of methoxy groups -OCH3 is 1. The number of anilines is 1. The van der Waals surface area contributed by atoms with Gasteiger partial charge in [0.05, 0.1) is 12.6 Å². The highest BCUT2D eigenvalue weighted by Gasteiger charge is 2.09. The maximum atomic E-state index is 12.3. The zero-order valence-corrected chi connectivity index (χ0v) is 15.0. The first-order valence-electron chi connectivity index (χ1n) is 8.68. The van der Waals surface area contributed by atoms with Gasteiger partial charge in [0.1, 0.15) is 5.75 Å². The molecule has 0 aliphatic carbocycles. The molecule has 0 saturated heterocycles. The van der Waals surface area contributed by atoms with Crippen LogP contribution < -0.4 is 15.6 Å². The number of benzene rings is 2. The number of rotatable bonds is 6. The summed E-state index contributed by atoms with van der Waals surface area (Å²) in [6.45, 7) is 2.05. The van der Waals surface area contributed by atoms with E-state index in [9.17, 15) is 9.59 Å². The molecule has 5 nitrogen and oxygen atoms in total. The Morgan fingerprint density at radius 3 is 2.69 bits per heavy atom. The third-order valence-electron chi connectivity index (χ3n) is 4.42. The van der Waals surface area contributed by atoms with Crippen molar-refractivity contribution in [3.8, 4) is 5.75 Å². The molecule has 1 aromatic heterocycles. The van der Waals surface area contributed by atoms with Crippen LogP contribution in [0.5, 0.6) is 5.75 Å². The molecule has 0 atom stereocenters. The van der Waals surface area contributed by atoms with E-state index in [0.717, 1.165) is 28.6 Å². The molecule has 0 saturated carbocycles. The predicted octanol–water partition coefficient (Wildman–Crippen LogP) is 3.67. The largest absolute Gasteiger partial charge is 0.497 e. The van der Waals surface area contributed by atoms with Gasteiger partial charge in [-0.2, -0.15) is 0 Å². The van der Waals surface area contributed by atoms with Crippen molar-refractivity contribution in [1.82, 2.24) is 4.98 Å². The Kier molecular flexibility index (Phi) is 5.37. The first kappa shape index (κ1) is 17.7. The molecule has 0 radical (unpaired) electrons. The van der Waals surface area contributed by atoms with Crippen LogP contribution in [0, 0.1) is 0 Å². The van der Waals surface area contributed by atoms with Gasteiger partial charge in [0.25, 0.3) is 5.56 Å². The van der Waals surface area contributed by atoms with Crippen molar-refractivity contribution >= 4 is 22.5 Å². The minimum absolute atomic E-state index is 0.0971. The molecular formula is C21H22N2O3. The number of aromatic amines is 1. The zero-order chi connectivity index (χ0) is 18.5. The summed E-state index contributed by atoms with van der Waals surface area (Å²) in [7, 11) is 1.59. The summed E-state index contributed by atoms with van der Waals surface area (Å²) in [6, 6.07) is 15.1. The van der Waals surface area contributed by atoms with E-state index in [-0.39, 0.29) is 17.9 Å². The minimum Gasteiger partial charge on any atom is -0.497 e. The van der Waals surface area contributed by atoms with Crippen molar-refractivity contribution in [3.63, 3.8) is 0 Å². The molecule has 2 aromatic carbocycles. The van der Waals surface area contributed by atoms with Gasteiger partial charge >= 0.3 is 0 Å². The highest BCUT2D eigenvalue weighted by atomic mass is 16.5. The van der Waals surface area contributed by atoms with Crippen molar-refractivity contribution in [2.75, 3.05) is 12.4 Å². The van der Waals surface area contributed by atoms with E-state index in [2.05, 4.69) is 17.2 Å². The van der Waals surface area contributed by atoms with Crippen molar-refractivity contribution < 1.29 is 9.53 Å². The number of para-hydroxylation sites is 1. The normalized spacial score (nSPS) is 10.7. The lowest BCUT2D eigenvalue weighted by Crippen LogP contribution is -2.17. The van der Waals surface area contributed by atoms with E-state index < -0.39 is 0 Å². The van der Waals surface area contributed by atoms with Crippen LogP contribution in [0.2, 0.25) is 0 Å². The summed E-state index contributed by atoms with van der Waals surface area (Å²) >= 11 is 0.